The molecular formula is C35H33F6NO5. The third-order valence-corrected chi connectivity index (χ3v) is 8.85. The summed E-state index contributed by atoms with van der Waals surface area (Å²) in [4.78, 5) is 25.9. The third-order valence-electron chi connectivity index (χ3n) is 8.85. The maximum atomic E-state index is 13.6. The van der Waals surface area contributed by atoms with Crippen LogP contribution < -0.4 is 4.74 Å². The summed E-state index contributed by atoms with van der Waals surface area (Å²) in [6.45, 7) is 5.74. The first-order valence-corrected chi connectivity index (χ1v) is 14.9. The average molecular weight is 662 g/mol. The molecule has 1 N–H and O–H groups in total. The number of hydrogen-bond acceptors (Lipinski definition) is 4. The Morgan fingerprint density at radius 1 is 0.957 bits per heavy atom. The zero-order valence-corrected chi connectivity index (χ0v) is 26.1. The van der Waals surface area contributed by atoms with Gasteiger partial charge in [-0.3, -0.25) is 4.90 Å². The molecule has 1 aliphatic carbocycles. The van der Waals surface area contributed by atoms with Crippen LogP contribution in [-0.4, -0.2) is 41.8 Å². The van der Waals surface area contributed by atoms with Crippen molar-refractivity contribution in [2.24, 2.45) is 5.41 Å². The summed E-state index contributed by atoms with van der Waals surface area (Å²) in [5.41, 5.74) is 0.746. The van der Waals surface area contributed by atoms with E-state index >= 15 is 0 Å². The van der Waals surface area contributed by atoms with E-state index in [1.807, 2.05) is 12.1 Å². The van der Waals surface area contributed by atoms with Crippen LogP contribution in [0.5, 0.6) is 5.75 Å². The molecule has 0 aromatic heterocycles. The van der Waals surface area contributed by atoms with Crippen LogP contribution in [0, 0.1) is 5.41 Å². The van der Waals surface area contributed by atoms with E-state index in [4.69, 9.17) is 9.47 Å². The highest BCUT2D eigenvalue weighted by Crippen LogP contribution is 2.47. The van der Waals surface area contributed by atoms with Gasteiger partial charge in [0, 0.05) is 12.1 Å². The fourth-order valence-corrected chi connectivity index (χ4v) is 6.33. The second-order valence-corrected chi connectivity index (χ2v) is 12.7. The number of carboxylic acid groups (broad SMARTS) is 1. The van der Waals surface area contributed by atoms with E-state index in [9.17, 15) is 41.0 Å². The summed E-state index contributed by atoms with van der Waals surface area (Å²) in [5, 5.41) is 9.27. The molecule has 250 valence electrons. The fraction of sp³-hybridized carbons (Fsp3) is 0.371. The molecule has 1 saturated heterocycles. The summed E-state index contributed by atoms with van der Waals surface area (Å²) < 4.78 is 92.7. The van der Waals surface area contributed by atoms with E-state index < -0.39 is 53.3 Å². The average Bonchev–Trinajstić information content (AvgIpc) is 3.28. The number of allylic oxidation sites excluding steroid dienone is 1. The van der Waals surface area contributed by atoms with Gasteiger partial charge < -0.3 is 14.6 Å². The van der Waals surface area contributed by atoms with Crippen LogP contribution >= 0.6 is 0 Å². The van der Waals surface area contributed by atoms with Crippen molar-refractivity contribution < 1.29 is 50.5 Å². The molecule has 2 aliphatic rings. The number of rotatable bonds is 7. The van der Waals surface area contributed by atoms with Gasteiger partial charge in [0.1, 0.15) is 11.9 Å². The van der Waals surface area contributed by atoms with Crippen molar-refractivity contribution in [2.45, 2.75) is 64.5 Å². The highest BCUT2D eigenvalue weighted by Gasteiger charge is 2.44. The summed E-state index contributed by atoms with van der Waals surface area (Å²) in [6.07, 6.45) is -10.3. The predicted molar refractivity (Wildman–Crippen MR) is 162 cm³/mol. The molecule has 3 aromatic rings. The zero-order valence-electron chi connectivity index (χ0n) is 26.1. The van der Waals surface area contributed by atoms with E-state index in [2.05, 4.69) is 13.8 Å². The Labute approximate surface area is 267 Å². The number of hydrogen-bond donors (Lipinski definition) is 1. The monoisotopic (exact) mass is 661 g/mol. The molecule has 1 aliphatic heterocycles. The van der Waals surface area contributed by atoms with E-state index in [0.717, 1.165) is 34.3 Å². The van der Waals surface area contributed by atoms with Crippen LogP contribution in [-0.2, 0) is 17.1 Å². The lowest BCUT2D eigenvalue weighted by Gasteiger charge is -2.36. The standard InChI is InChI=1S/C35H33F6NO5/c1-19-30(23-13-25(34(36,37)38)16-26(14-23)35(39,40)41)47-32(45)42(19)18-24-17-33(2,3)12-11-27(24)28-15-22(9-10-29(28)46-4)20-5-7-21(8-6-20)31(43)44/h5-10,13-16,19,30H,11-12,17-18H2,1-4H3,(H,43,44)/t19-,30-/m0/s1. The second-order valence-electron chi connectivity index (χ2n) is 12.7. The number of nitrogens with zero attached hydrogens (tertiary/aromatic N) is 1. The van der Waals surface area contributed by atoms with Gasteiger partial charge in [0.15, 0.2) is 0 Å². The Morgan fingerprint density at radius 2 is 1.55 bits per heavy atom. The summed E-state index contributed by atoms with van der Waals surface area (Å²) in [5.74, 6) is -0.473. The topological polar surface area (TPSA) is 76.1 Å². The number of halogens is 6. The maximum Gasteiger partial charge on any atom is 0.416 e. The minimum absolute atomic E-state index is 0.0427. The van der Waals surface area contributed by atoms with E-state index in [1.165, 1.54) is 24.1 Å². The first-order valence-electron chi connectivity index (χ1n) is 14.9. The van der Waals surface area contributed by atoms with Crippen LogP contribution in [0.15, 0.2) is 66.2 Å². The molecule has 5 rings (SSSR count). The molecule has 6 nitrogen and oxygen atoms in total. The Morgan fingerprint density at radius 3 is 2.11 bits per heavy atom. The van der Waals surface area contributed by atoms with Gasteiger partial charge in [-0.25, -0.2) is 9.59 Å². The zero-order chi connectivity index (χ0) is 34.5. The van der Waals surface area contributed by atoms with Gasteiger partial charge in [0.2, 0.25) is 0 Å². The van der Waals surface area contributed by atoms with Crippen LogP contribution in [0.25, 0.3) is 16.7 Å². The summed E-state index contributed by atoms with van der Waals surface area (Å²) in [7, 11) is 1.53. The van der Waals surface area contributed by atoms with Crippen molar-refractivity contribution in [1.29, 1.82) is 0 Å². The van der Waals surface area contributed by atoms with Crippen molar-refractivity contribution in [3.05, 3.63) is 94.1 Å². The maximum absolute atomic E-state index is 13.6. The SMILES string of the molecule is COc1ccc(-c2ccc(C(=O)O)cc2)cc1C1=C(CN2C(=O)O[C@H](c3cc(C(F)(F)F)cc(C(F)(F)F)c3)[C@@H]2C)CC(C)(C)CC1. The number of carboxylic acids is 1. The predicted octanol–water partition coefficient (Wildman–Crippen LogP) is 9.64. The number of carbonyl (C=O) groups excluding carboxylic acids is 1. The van der Waals surface area contributed by atoms with Crippen LogP contribution in [0.4, 0.5) is 31.1 Å². The molecule has 1 fully saturated rings. The van der Waals surface area contributed by atoms with Gasteiger partial charge >= 0.3 is 24.4 Å². The molecule has 0 bridgehead atoms. The normalized spacial score (nSPS) is 20.0. The third kappa shape index (κ3) is 7.11. The van der Waals surface area contributed by atoms with Gasteiger partial charge in [-0.2, -0.15) is 26.3 Å². The number of alkyl halides is 6. The van der Waals surface area contributed by atoms with Crippen LogP contribution in [0.3, 0.4) is 0 Å². The first-order chi connectivity index (χ1) is 21.9. The number of aromatic carboxylic acids is 1. The van der Waals surface area contributed by atoms with E-state index in [1.54, 1.807) is 25.1 Å². The minimum Gasteiger partial charge on any atom is -0.496 e. The van der Waals surface area contributed by atoms with Gasteiger partial charge in [0.05, 0.1) is 29.8 Å². The van der Waals surface area contributed by atoms with Crippen molar-refractivity contribution in [1.82, 2.24) is 4.90 Å². The Balaban J connectivity index is 1.53. The second kappa shape index (κ2) is 12.3. The molecule has 0 unspecified atom stereocenters. The highest BCUT2D eigenvalue weighted by molar-refractivity contribution is 5.88. The Kier molecular flexibility index (Phi) is 8.85. The van der Waals surface area contributed by atoms with E-state index in [-0.39, 0.29) is 23.6 Å². The smallest absolute Gasteiger partial charge is 0.416 e. The molecular weight excluding hydrogens is 628 g/mol. The summed E-state index contributed by atoms with van der Waals surface area (Å²) >= 11 is 0. The fourth-order valence-electron chi connectivity index (χ4n) is 6.33. The van der Waals surface area contributed by atoms with Gasteiger partial charge in [-0.15, -0.1) is 0 Å². The van der Waals surface area contributed by atoms with Crippen molar-refractivity contribution >= 4 is 17.6 Å². The van der Waals surface area contributed by atoms with Crippen molar-refractivity contribution in [3.8, 4) is 16.9 Å². The number of benzene rings is 3. The number of amides is 1. The summed E-state index contributed by atoms with van der Waals surface area (Å²) in [6, 6.07) is 12.4. The lowest BCUT2D eigenvalue weighted by Crippen LogP contribution is -2.35. The molecule has 0 saturated carbocycles. The van der Waals surface area contributed by atoms with Crippen molar-refractivity contribution in [3.63, 3.8) is 0 Å². The lowest BCUT2D eigenvalue weighted by atomic mass is 9.72. The Bertz CT molecular complexity index is 1690. The lowest BCUT2D eigenvalue weighted by molar-refractivity contribution is -0.143. The van der Waals surface area contributed by atoms with Gasteiger partial charge in [-0.05, 0) is 102 Å². The quantitative estimate of drug-likeness (QED) is 0.255. The molecule has 1 amide bonds. The van der Waals surface area contributed by atoms with Gasteiger partial charge in [-0.1, -0.05) is 32.0 Å². The molecule has 0 spiro atoms. The van der Waals surface area contributed by atoms with E-state index in [0.29, 0.717) is 30.7 Å². The number of cyclic esters (lactones) is 1. The van der Waals surface area contributed by atoms with Crippen LogP contribution in [0.1, 0.15) is 78.7 Å². The molecule has 47 heavy (non-hydrogen) atoms. The van der Waals surface area contributed by atoms with Gasteiger partial charge in [0.25, 0.3) is 0 Å². The number of ether oxygens (including phenoxy) is 2. The number of carbonyl (C=O) groups is 2. The molecule has 2 atom stereocenters. The first kappa shape index (κ1) is 33.9. The minimum atomic E-state index is -5.04. The molecule has 0 radical (unpaired) electrons. The number of methoxy groups -OCH3 is 1. The molecule has 1 heterocycles. The molecule has 12 heteroatoms. The molecule has 3 aromatic carbocycles. The van der Waals surface area contributed by atoms with Crippen molar-refractivity contribution in [2.75, 3.05) is 13.7 Å². The largest absolute Gasteiger partial charge is 0.496 e. The Hall–Kier alpha value is -4.48. The van der Waals surface area contributed by atoms with Crippen LogP contribution in [0.2, 0.25) is 0 Å². The highest BCUT2D eigenvalue weighted by atomic mass is 19.4.